The fourth-order valence-electron chi connectivity index (χ4n) is 6.40. The molecule has 4 unspecified atom stereocenters. The number of halogens is 2. The molecule has 4 atom stereocenters. The molecule has 3 aliphatic carbocycles. The molecule has 2 saturated carbocycles. The molecule has 0 saturated heterocycles. The molecule has 0 aromatic carbocycles. The van der Waals surface area contributed by atoms with Crippen LogP contribution in [0.4, 0.5) is 0 Å². The quantitative estimate of drug-likeness (QED) is 0.258. The Bertz CT molecular complexity index is 461. The normalized spacial score (nSPS) is 28.9. The van der Waals surface area contributed by atoms with Crippen LogP contribution in [0.3, 0.4) is 0 Å². The van der Waals surface area contributed by atoms with Crippen molar-refractivity contribution in [3.63, 3.8) is 0 Å². The average Bonchev–Trinajstić information content (AvgIpc) is 3.28. The summed E-state index contributed by atoms with van der Waals surface area (Å²) in [6, 6.07) is 0. The van der Waals surface area contributed by atoms with Gasteiger partial charge in [0.2, 0.25) is 0 Å². The van der Waals surface area contributed by atoms with Gasteiger partial charge in [0, 0.05) is 0 Å². The van der Waals surface area contributed by atoms with Gasteiger partial charge < -0.3 is 14.9 Å². The van der Waals surface area contributed by atoms with Crippen LogP contribution in [0.5, 0.6) is 0 Å². The molecule has 0 nitrogen and oxygen atoms in total. The average molecular weight is 491 g/mol. The van der Waals surface area contributed by atoms with Crippen molar-refractivity contribution in [3.8, 4) is 0 Å². The van der Waals surface area contributed by atoms with Crippen molar-refractivity contribution in [3.05, 3.63) is 51.8 Å². The van der Waals surface area contributed by atoms with E-state index >= 15 is 0 Å². The van der Waals surface area contributed by atoms with Crippen molar-refractivity contribution < 1.29 is 20.8 Å². The van der Waals surface area contributed by atoms with Gasteiger partial charge in [-0.15, -0.1) is 6.58 Å². The Morgan fingerprint density at radius 1 is 1.04 bits per heavy atom. The minimum atomic E-state index is -0.826. The molecule has 0 amide bonds. The van der Waals surface area contributed by atoms with Crippen LogP contribution in [0, 0.1) is 49.9 Å². The standard InChI is InChI=1S/C22H34.2CH3.2ClH.Zr/c1-4-11-17-16-21(20-15-10-9-14-19(17)20)22(5-2,6-3)18-12-7-8-13-18;;;;;/h4,9-10,14-15,17-21H,1,5-8,11-13,16H2,2-3H3;2*1H3;2*1H;/q;2*-1;;;+4/p-2. The predicted octanol–water partition coefficient (Wildman–Crippen LogP) is 8.83. The van der Waals surface area contributed by atoms with Gasteiger partial charge in [-0.1, -0.05) is 57.1 Å². The number of hydrogen-bond donors (Lipinski definition) is 0. The second kappa shape index (κ2) is 13.8. The first-order valence-electron chi connectivity index (χ1n) is 10.1. The zero-order valence-corrected chi connectivity index (χ0v) is 21.9. The molecule has 0 aliphatic heterocycles. The van der Waals surface area contributed by atoms with Gasteiger partial charge in [0.05, 0.1) is 0 Å². The monoisotopic (exact) mass is 488 g/mol. The van der Waals surface area contributed by atoms with Gasteiger partial charge in [-0.05, 0) is 73.5 Å². The van der Waals surface area contributed by atoms with Crippen LogP contribution >= 0.6 is 17.0 Å². The summed E-state index contributed by atoms with van der Waals surface area (Å²) < 4.78 is 0. The van der Waals surface area contributed by atoms with Crippen LogP contribution in [0.15, 0.2) is 37.0 Å². The third kappa shape index (κ3) is 6.09. The molecule has 3 heteroatoms. The Balaban J connectivity index is 0.00000127. The molecule has 0 heterocycles. The molecule has 3 rings (SSSR count). The fraction of sp³-hybridized carbons (Fsp3) is 0.667. The topological polar surface area (TPSA) is 0 Å². The summed E-state index contributed by atoms with van der Waals surface area (Å²) in [5.74, 6) is 4.26. The van der Waals surface area contributed by atoms with Crippen LogP contribution in [0.25, 0.3) is 0 Å². The maximum absolute atomic E-state index is 4.93. The van der Waals surface area contributed by atoms with Crippen molar-refractivity contribution >= 4 is 17.0 Å². The van der Waals surface area contributed by atoms with Crippen molar-refractivity contribution in [2.75, 3.05) is 0 Å². The fourth-order valence-corrected chi connectivity index (χ4v) is 6.40. The van der Waals surface area contributed by atoms with Gasteiger partial charge in [0.25, 0.3) is 0 Å². The Labute approximate surface area is 188 Å². The molecular formula is C24H40Cl2Zr. The van der Waals surface area contributed by atoms with E-state index in [0.29, 0.717) is 5.41 Å². The van der Waals surface area contributed by atoms with Crippen molar-refractivity contribution in [2.24, 2.45) is 35.0 Å². The van der Waals surface area contributed by atoms with E-state index in [-0.39, 0.29) is 14.9 Å². The molecule has 0 bridgehead atoms. The number of fused-ring (bicyclic) bond motifs is 1. The SMILES string of the molecule is C=CCC1CC(C(CC)(CC)C2CCCC2)C2C=CC=CC12.[CH3-].[CH3-].[Cl][Zr+2][Cl]. The van der Waals surface area contributed by atoms with E-state index in [4.69, 9.17) is 17.0 Å². The van der Waals surface area contributed by atoms with Crippen LogP contribution in [-0.4, -0.2) is 0 Å². The zero-order chi connectivity index (χ0) is 18.3. The Kier molecular flexibility index (Phi) is 14.2. The summed E-state index contributed by atoms with van der Waals surface area (Å²) in [5.41, 5.74) is 0.588. The second-order valence-electron chi connectivity index (χ2n) is 8.04. The number of hydrogen-bond acceptors (Lipinski definition) is 0. The molecular weight excluding hydrogens is 450 g/mol. The van der Waals surface area contributed by atoms with E-state index < -0.39 is 20.8 Å². The van der Waals surface area contributed by atoms with Gasteiger partial charge in [-0.2, -0.15) is 0 Å². The van der Waals surface area contributed by atoms with E-state index in [2.05, 4.69) is 50.8 Å². The first-order chi connectivity index (χ1) is 12.2. The Hall–Kier alpha value is 0.683. The van der Waals surface area contributed by atoms with E-state index in [9.17, 15) is 0 Å². The Morgan fingerprint density at radius 3 is 2.04 bits per heavy atom. The predicted molar refractivity (Wildman–Crippen MR) is 121 cm³/mol. The number of rotatable bonds is 6. The van der Waals surface area contributed by atoms with Crippen LogP contribution in [0.2, 0.25) is 0 Å². The van der Waals surface area contributed by atoms with Crippen molar-refractivity contribution in [2.45, 2.75) is 65.2 Å². The van der Waals surface area contributed by atoms with E-state index in [1.807, 2.05) is 0 Å². The summed E-state index contributed by atoms with van der Waals surface area (Å²) in [7, 11) is 9.87. The molecule has 27 heavy (non-hydrogen) atoms. The van der Waals surface area contributed by atoms with E-state index in [1.54, 1.807) is 0 Å². The third-order valence-corrected chi connectivity index (χ3v) is 7.48. The summed E-state index contributed by atoms with van der Waals surface area (Å²) >= 11 is -0.826. The van der Waals surface area contributed by atoms with Crippen molar-refractivity contribution in [1.82, 2.24) is 0 Å². The van der Waals surface area contributed by atoms with Crippen LogP contribution in [0.1, 0.15) is 65.2 Å². The molecule has 3 aliphatic rings. The third-order valence-electron chi connectivity index (χ3n) is 7.48. The summed E-state index contributed by atoms with van der Waals surface area (Å²) in [6.07, 6.45) is 23.1. The molecule has 0 spiro atoms. The first kappa shape index (κ1) is 27.7. The first-order valence-corrected chi connectivity index (χ1v) is 16.4. The number of allylic oxidation sites excluding steroid dienone is 5. The van der Waals surface area contributed by atoms with Crippen LogP contribution < -0.4 is 0 Å². The molecule has 0 radical (unpaired) electrons. The van der Waals surface area contributed by atoms with Gasteiger partial charge in [0.15, 0.2) is 0 Å². The van der Waals surface area contributed by atoms with Gasteiger partial charge >= 0.3 is 37.9 Å². The maximum atomic E-state index is 4.93. The zero-order valence-electron chi connectivity index (χ0n) is 17.9. The van der Waals surface area contributed by atoms with Crippen LogP contribution in [-0.2, 0) is 20.8 Å². The van der Waals surface area contributed by atoms with Gasteiger partial charge in [-0.3, -0.25) is 0 Å². The van der Waals surface area contributed by atoms with E-state index in [0.717, 1.165) is 29.6 Å². The molecule has 0 aromatic rings. The second-order valence-corrected chi connectivity index (χ2v) is 11.8. The summed E-state index contributed by atoms with van der Waals surface area (Å²) in [4.78, 5) is 0. The van der Waals surface area contributed by atoms with E-state index in [1.165, 1.54) is 51.4 Å². The van der Waals surface area contributed by atoms with Gasteiger partial charge in [-0.25, -0.2) is 0 Å². The Morgan fingerprint density at radius 2 is 1.56 bits per heavy atom. The molecule has 0 N–H and O–H groups in total. The summed E-state index contributed by atoms with van der Waals surface area (Å²) in [6.45, 7) is 8.97. The molecule has 154 valence electrons. The minimum absolute atomic E-state index is 0. The van der Waals surface area contributed by atoms with Crippen molar-refractivity contribution in [1.29, 1.82) is 0 Å². The molecule has 0 aromatic heterocycles. The van der Waals surface area contributed by atoms with Gasteiger partial charge in [0.1, 0.15) is 0 Å². The molecule has 2 fully saturated rings. The summed E-state index contributed by atoms with van der Waals surface area (Å²) in [5, 5.41) is 0.